The zero-order valence-corrected chi connectivity index (χ0v) is 25.8. The van der Waals surface area contributed by atoms with Crippen LogP contribution in [0.5, 0.6) is 0 Å². The van der Waals surface area contributed by atoms with Gasteiger partial charge in [-0.1, -0.05) is 48.5 Å². The van der Waals surface area contributed by atoms with Crippen LogP contribution in [-0.4, -0.2) is 0 Å². The molecule has 9 rings (SSSR count). The molecule has 0 aromatic heterocycles. The number of rotatable bonds is 0. The number of anilines is 4. The first-order valence-electron chi connectivity index (χ1n) is 14.6. The molecule has 0 aliphatic carbocycles. The molecule has 4 nitrogen and oxygen atoms in total. The Bertz CT molecular complexity index is 1730. The minimum atomic E-state index is 0. The summed E-state index contributed by atoms with van der Waals surface area (Å²) in [5.41, 5.74) is 9.64. The van der Waals surface area contributed by atoms with Crippen molar-refractivity contribution in [3.05, 3.63) is 157 Å². The Balaban J connectivity index is 0.00000278. The van der Waals surface area contributed by atoms with Gasteiger partial charge in [-0.25, -0.2) is 0 Å². The first-order chi connectivity index (χ1) is 20.8. The average molecular weight is 736 g/mol. The molecule has 3 heterocycles. The second-order valence-electron chi connectivity index (χ2n) is 11.4. The molecule has 0 saturated carbocycles. The summed E-state index contributed by atoms with van der Waals surface area (Å²) in [5.74, 6) is 0. The van der Waals surface area contributed by atoms with Gasteiger partial charge in [0, 0.05) is 33.5 Å². The van der Waals surface area contributed by atoms with E-state index in [1.165, 1.54) is 66.5 Å². The van der Waals surface area contributed by atoms with Gasteiger partial charge in [0.25, 0.3) is 0 Å². The summed E-state index contributed by atoms with van der Waals surface area (Å²) in [5, 5.41) is 5.11. The van der Waals surface area contributed by atoms with E-state index in [0.29, 0.717) is 0 Å². The van der Waals surface area contributed by atoms with Gasteiger partial charge in [-0.15, -0.1) is 22.3 Å². The van der Waals surface area contributed by atoms with Crippen LogP contribution in [-0.2, 0) is 47.2 Å². The van der Waals surface area contributed by atoms with Gasteiger partial charge in [0.05, 0.1) is 0 Å². The Morgan fingerprint density at radius 3 is 0.977 bits per heavy atom. The van der Waals surface area contributed by atoms with E-state index < -0.39 is 0 Å². The van der Waals surface area contributed by atoms with Crippen molar-refractivity contribution in [2.75, 3.05) is 19.6 Å². The monoisotopic (exact) mass is 735 g/mol. The number of hydrogen-bond donors (Lipinski definition) is 0. The van der Waals surface area contributed by atoms with E-state index in [1.54, 1.807) is 0 Å². The Labute approximate surface area is 267 Å². The number of nitrogens with zero attached hydrogens (tertiary/aromatic N) is 4. The molecular weight excluding hydrogens is 708 g/mol. The van der Waals surface area contributed by atoms with Gasteiger partial charge in [0.15, 0.2) is 0 Å². The molecule has 43 heavy (non-hydrogen) atoms. The summed E-state index contributed by atoms with van der Waals surface area (Å²) in [6, 6.07) is 47.2. The maximum atomic E-state index is 3.78. The molecule has 0 fully saturated rings. The minimum Gasteiger partial charge on any atom is -0.501 e. The summed E-state index contributed by atoms with van der Waals surface area (Å²) < 4.78 is 0. The van der Waals surface area contributed by atoms with E-state index in [4.69, 9.17) is 0 Å². The maximum Gasteiger partial charge on any atom is 4.00 e. The van der Waals surface area contributed by atoms with Crippen LogP contribution < -0.4 is 19.6 Å². The van der Waals surface area contributed by atoms with Crippen LogP contribution in [0.15, 0.2) is 109 Å². The fourth-order valence-electron chi connectivity index (χ4n) is 6.89. The third kappa shape index (κ3) is 4.48. The number of benzene rings is 6. The van der Waals surface area contributed by atoms with E-state index in [-0.39, 0.29) is 21.1 Å². The van der Waals surface area contributed by atoms with E-state index in [0.717, 1.165) is 26.2 Å². The zero-order chi connectivity index (χ0) is 27.6. The van der Waals surface area contributed by atoms with Crippen LogP contribution in [0.4, 0.5) is 22.7 Å². The van der Waals surface area contributed by atoms with Gasteiger partial charge >= 0.3 is 21.1 Å². The maximum absolute atomic E-state index is 3.78. The quantitative estimate of drug-likeness (QED) is 0.146. The van der Waals surface area contributed by atoms with Crippen LogP contribution in [0.1, 0.15) is 22.3 Å². The minimum absolute atomic E-state index is 0. The predicted molar refractivity (Wildman–Crippen MR) is 172 cm³/mol. The van der Waals surface area contributed by atoms with Gasteiger partial charge in [0.2, 0.25) is 0 Å². The standard InChI is InChI=1S/C38H28N4.Pt/c1-7-27-19-28(8-1)22-40-26-42(36-18-6-14-32-12-4-16-34(40)38(32)36)24-30-10-2-9-29(20-30)23-41-25-39(21-27)33-15-3-11-31-13-5-17-35(41)37(31)33;/h1-18,25-26H,21-24H2;/q-4;+4. The van der Waals surface area contributed by atoms with Crippen LogP contribution in [0.25, 0.3) is 21.5 Å². The third-order valence-electron chi connectivity index (χ3n) is 8.71. The second-order valence-corrected chi connectivity index (χ2v) is 11.4. The van der Waals surface area contributed by atoms with Crippen LogP contribution >= 0.6 is 0 Å². The van der Waals surface area contributed by atoms with E-state index in [1.807, 2.05) is 0 Å². The molecule has 3 aliphatic heterocycles. The number of hydrogen-bond acceptors (Lipinski definition) is 4. The summed E-state index contributed by atoms with van der Waals surface area (Å²) in [7, 11) is 0. The molecule has 0 unspecified atom stereocenters. The average Bonchev–Trinajstić information content (AvgIpc) is 3.02. The molecule has 5 heteroatoms. The Hall–Kier alpha value is -4.27. The Kier molecular flexibility index (Phi) is 6.42. The van der Waals surface area contributed by atoms with Crippen LogP contribution in [0, 0.1) is 25.5 Å². The molecule has 0 atom stereocenters. The fraction of sp³-hybridized carbons (Fsp3) is 0.105. The molecule has 0 N–H and O–H groups in total. The molecule has 0 amide bonds. The van der Waals surface area contributed by atoms with Crippen molar-refractivity contribution in [3.8, 4) is 0 Å². The van der Waals surface area contributed by atoms with Gasteiger partial charge in [0.1, 0.15) is 0 Å². The van der Waals surface area contributed by atoms with Crippen LogP contribution in [0.2, 0.25) is 0 Å². The summed E-state index contributed by atoms with van der Waals surface area (Å²) in [6.07, 6.45) is 0. The molecule has 3 aliphatic rings. The topological polar surface area (TPSA) is 13.0 Å². The molecule has 0 saturated heterocycles. The van der Waals surface area contributed by atoms with Crippen molar-refractivity contribution >= 4 is 44.3 Å². The van der Waals surface area contributed by atoms with E-state index >= 15 is 0 Å². The molecule has 6 aromatic rings. The molecule has 0 spiro atoms. The van der Waals surface area contributed by atoms with Crippen LogP contribution in [0.3, 0.4) is 0 Å². The Morgan fingerprint density at radius 1 is 0.395 bits per heavy atom. The normalized spacial score (nSPS) is 15.4. The largest absolute Gasteiger partial charge is 4.00 e. The van der Waals surface area contributed by atoms with Gasteiger partial charge in [-0.3, -0.25) is 0 Å². The summed E-state index contributed by atoms with van der Waals surface area (Å²) >= 11 is 0. The van der Waals surface area contributed by atoms with Crippen molar-refractivity contribution in [2.45, 2.75) is 26.2 Å². The zero-order valence-electron chi connectivity index (χ0n) is 23.5. The van der Waals surface area contributed by atoms with Crippen molar-refractivity contribution < 1.29 is 21.1 Å². The first kappa shape index (κ1) is 26.4. The smallest absolute Gasteiger partial charge is 0.501 e. The van der Waals surface area contributed by atoms with E-state index in [2.05, 4.69) is 154 Å². The van der Waals surface area contributed by atoms with Gasteiger partial charge in [-0.05, 0) is 61.2 Å². The van der Waals surface area contributed by atoms with Crippen molar-refractivity contribution in [1.29, 1.82) is 0 Å². The predicted octanol–water partition coefficient (Wildman–Crippen LogP) is 8.20. The molecule has 8 bridgehead atoms. The van der Waals surface area contributed by atoms with Crippen molar-refractivity contribution in [3.63, 3.8) is 0 Å². The number of fused-ring (bicyclic) bond motifs is 12. The summed E-state index contributed by atoms with van der Waals surface area (Å²) in [6.45, 7) is 7.53. The second kappa shape index (κ2) is 10.5. The SMILES string of the molecule is [Pt+4].[c-]1c2cccc1CN1[CH-]N(Cc3[c-]c(ccc3)CN3[CH-]N(C2)c2cccc4cccc3c24)c2cccc3cccc1c23. The fourth-order valence-corrected chi connectivity index (χ4v) is 6.89. The molecule has 210 valence electrons. The molecule has 0 radical (unpaired) electrons. The van der Waals surface area contributed by atoms with Gasteiger partial charge in [-0.2, -0.15) is 61.9 Å². The molecule has 6 aromatic carbocycles. The first-order valence-corrected chi connectivity index (χ1v) is 14.6. The van der Waals surface area contributed by atoms with E-state index in [9.17, 15) is 0 Å². The molecular formula is C38H28N4Pt. The van der Waals surface area contributed by atoms with Crippen molar-refractivity contribution in [1.82, 2.24) is 0 Å². The van der Waals surface area contributed by atoms with Gasteiger partial charge < -0.3 is 19.6 Å². The van der Waals surface area contributed by atoms with Crippen molar-refractivity contribution in [2.24, 2.45) is 0 Å². The summed E-state index contributed by atoms with van der Waals surface area (Å²) in [4.78, 5) is 9.53. The Morgan fingerprint density at radius 2 is 0.674 bits per heavy atom. The third-order valence-corrected chi connectivity index (χ3v) is 8.71.